The lowest BCUT2D eigenvalue weighted by Crippen LogP contribution is -2.19. The van der Waals surface area contributed by atoms with Gasteiger partial charge in [0.15, 0.2) is 0 Å². The minimum atomic E-state index is -1.31. The molecular formula is C14H13ClFNO4. The van der Waals surface area contributed by atoms with Crippen LogP contribution >= 0.6 is 12.4 Å². The Morgan fingerprint density at radius 3 is 2.62 bits per heavy atom. The lowest BCUT2D eigenvalue weighted by molar-refractivity contribution is 0.0695. The summed E-state index contributed by atoms with van der Waals surface area (Å²) in [4.78, 5) is 23.3. The Kier molecular flexibility index (Phi) is 3.91. The molecule has 21 heavy (non-hydrogen) atoms. The lowest BCUT2D eigenvalue weighted by Gasteiger charge is -2.14. The second kappa shape index (κ2) is 5.37. The summed E-state index contributed by atoms with van der Waals surface area (Å²) in [5, 5.41) is 9.15. The fourth-order valence-electron chi connectivity index (χ4n) is 2.37. The quantitative estimate of drug-likeness (QED) is 0.945. The second-order valence-corrected chi connectivity index (χ2v) is 4.82. The van der Waals surface area contributed by atoms with Crippen molar-refractivity contribution in [3.63, 3.8) is 0 Å². The van der Waals surface area contributed by atoms with E-state index in [9.17, 15) is 14.0 Å². The zero-order valence-electron chi connectivity index (χ0n) is 11.1. The summed E-state index contributed by atoms with van der Waals surface area (Å²) >= 11 is 0. The second-order valence-electron chi connectivity index (χ2n) is 4.82. The summed E-state index contributed by atoms with van der Waals surface area (Å²) in [6.45, 7) is 0. The number of hydrogen-bond acceptors (Lipinski definition) is 3. The van der Waals surface area contributed by atoms with Gasteiger partial charge in [-0.2, -0.15) is 0 Å². The Labute approximate surface area is 125 Å². The van der Waals surface area contributed by atoms with Crippen LogP contribution in [0.15, 0.2) is 23.1 Å². The van der Waals surface area contributed by atoms with E-state index in [0.717, 1.165) is 18.9 Å². The van der Waals surface area contributed by atoms with E-state index >= 15 is 0 Å². The van der Waals surface area contributed by atoms with Gasteiger partial charge >= 0.3 is 5.97 Å². The zero-order chi connectivity index (χ0) is 14.4. The number of nitrogens with zero attached hydrogens (tertiary/aromatic N) is 1. The van der Waals surface area contributed by atoms with Gasteiger partial charge in [-0.05, 0) is 18.9 Å². The highest BCUT2D eigenvalue weighted by atomic mass is 35.5. The van der Waals surface area contributed by atoms with Crippen LogP contribution in [0.5, 0.6) is 5.75 Å². The first-order valence-corrected chi connectivity index (χ1v) is 6.18. The minimum Gasteiger partial charge on any atom is -0.494 e. The molecular weight excluding hydrogens is 301 g/mol. The molecule has 0 unspecified atom stereocenters. The lowest BCUT2D eigenvalue weighted by atomic mass is 10.1. The Balaban J connectivity index is 0.00000161. The molecule has 1 aliphatic carbocycles. The summed E-state index contributed by atoms with van der Waals surface area (Å²) in [6.07, 6.45) is 3.13. The first kappa shape index (κ1) is 15.3. The van der Waals surface area contributed by atoms with Gasteiger partial charge < -0.3 is 14.4 Å². The number of pyridine rings is 1. The van der Waals surface area contributed by atoms with Crippen LogP contribution in [0.2, 0.25) is 0 Å². The first-order chi connectivity index (χ1) is 9.52. The van der Waals surface area contributed by atoms with E-state index in [1.165, 1.54) is 19.4 Å². The number of halogens is 2. The summed E-state index contributed by atoms with van der Waals surface area (Å²) in [5.41, 5.74) is -0.592. The summed E-state index contributed by atoms with van der Waals surface area (Å²) in [7, 11) is 1.39. The van der Waals surface area contributed by atoms with E-state index < -0.39 is 17.2 Å². The van der Waals surface area contributed by atoms with Crippen LogP contribution in [0.4, 0.5) is 4.39 Å². The van der Waals surface area contributed by atoms with Crippen molar-refractivity contribution >= 4 is 29.3 Å². The number of rotatable bonds is 3. The van der Waals surface area contributed by atoms with E-state index in [1.54, 1.807) is 4.57 Å². The predicted octanol–water partition coefficient (Wildman–Crippen LogP) is 2.60. The third kappa shape index (κ3) is 2.47. The highest BCUT2D eigenvalue weighted by Crippen LogP contribution is 2.39. The van der Waals surface area contributed by atoms with Crippen molar-refractivity contribution in [2.45, 2.75) is 18.9 Å². The molecule has 1 N–H and O–H groups in total. The molecule has 7 heteroatoms. The van der Waals surface area contributed by atoms with Crippen molar-refractivity contribution in [1.82, 2.24) is 4.57 Å². The number of ether oxygens (including phenoxy) is 1. The maximum atomic E-state index is 13.6. The van der Waals surface area contributed by atoms with E-state index in [0.29, 0.717) is 5.52 Å². The van der Waals surface area contributed by atoms with Crippen molar-refractivity contribution in [2.75, 3.05) is 7.11 Å². The average Bonchev–Trinajstić information content (AvgIpc) is 3.22. The average molecular weight is 314 g/mol. The molecule has 5 nitrogen and oxygen atoms in total. The van der Waals surface area contributed by atoms with Gasteiger partial charge in [0.05, 0.1) is 18.0 Å². The molecule has 112 valence electrons. The summed E-state index contributed by atoms with van der Waals surface area (Å²) in [6, 6.07) is 2.39. The number of fused-ring (bicyclic) bond motifs is 1. The molecule has 0 radical (unpaired) electrons. The predicted molar refractivity (Wildman–Crippen MR) is 77.2 cm³/mol. The van der Waals surface area contributed by atoms with Gasteiger partial charge in [-0.3, -0.25) is 4.79 Å². The number of carboxylic acids is 1. The van der Waals surface area contributed by atoms with Gasteiger partial charge in [-0.25, -0.2) is 9.18 Å². The number of carboxylic acid groups (broad SMARTS) is 1. The maximum Gasteiger partial charge on any atom is 0.341 e. The van der Waals surface area contributed by atoms with E-state index in [-0.39, 0.29) is 35.1 Å². The molecule has 0 aliphatic heterocycles. The Hall–Kier alpha value is -2.08. The van der Waals surface area contributed by atoms with Crippen molar-refractivity contribution in [3.8, 4) is 5.75 Å². The summed E-state index contributed by atoms with van der Waals surface area (Å²) in [5.74, 6) is -1.70. The Morgan fingerprint density at radius 2 is 2.10 bits per heavy atom. The number of aromatic nitrogens is 1. The maximum absolute atomic E-state index is 13.6. The van der Waals surface area contributed by atoms with E-state index in [1.807, 2.05) is 0 Å². The van der Waals surface area contributed by atoms with Gasteiger partial charge in [0, 0.05) is 18.3 Å². The van der Waals surface area contributed by atoms with Crippen LogP contribution in [-0.2, 0) is 0 Å². The van der Waals surface area contributed by atoms with Crippen molar-refractivity contribution in [2.24, 2.45) is 0 Å². The van der Waals surface area contributed by atoms with Crippen LogP contribution in [0, 0.1) is 5.82 Å². The van der Waals surface area contributed by atoms with Gasteiger partial charge in [0.2, 0.25) is 5.43 Å². The molecule has 2 aromatic rings. The summed E-state index contributed by atoms with van der Waals surface area (Å²) < 4.78 is 20.4. The highest BCUT2D eigenvalue weighted by Gasteiger charge is 2.28. The Morgan fingerprint density at radius 1 is 1.43 bits per heavy atom. The van der Waals surface area contributed by atoms with E-state index in [4.69, 9.17) is 9.84 Å². The minimum absolute atomic E-state index is 0. The number of carbonyl (C=O) groups is 1. The third-order valence-corrected chi connectivity index (χ3v) is 3.45. The standard InChI is InChI=1S/C14H12FNO4.ClH/c1-20-11-5-7(15)4-9-12(11)16(8-2-3-8)6-10(13(9)17)14(18)19;/h4-6,8H,2-3H2,1H3,(H,18,19);1H. The Bertz CT molecular complexity index is 783. The monoisotopic (exact) mass is 313 g/mol. The van der Waals surface area contributed by atoms with Crippen LogP contribution in [-0.4, -0.2) is 22.8 Å². The molecule has 0 atom stereocenters. The van der Waals surface area contributed by atoms with Crippen LogP contribution < -0.4 is 10.2 Å². The van der Waals surface area contributed by atoms with Gasteiger partial charge in [0.25, 0.3) is 0 Å². The molecule has 0 amide bonds. The largest absolute Gasteiger partial charge is 0.494 e. The molecule has 1 heterocycles. The molecule has 1 aromatic carbocycles. The SMILES string of the molecule is COc1cc(F)cc2c(=O)c(C(=O)O)cn(C3CC3)c12.Cl. The molecule has 1 fully saturated rings. The van der Waals surface area contributed by atoms with E-state index in [2.05, 4.69) is 0 Å². The number of aromatic carboxylic acids is 1. The normalized spacial score (nSPS) is 13.8. The van der Waals surface area contributed by atoms with Gasteiger partial charge in [-0.1, -0.05) is 0 Å². The fraction of sp³-hybridized carbons (Fsp3) is 0.286. The zero-order valence-corrected chi connectivity index (χ0v) is 11.9. The smallest absolute Gasteiger partial charge is 0.341 e. The topological polar surface area (TPSA) is 68.5 Å². The molecule has 0 spiro atoms. The number of methoxy groups -OCH3 is 1. The van der Waals surface area contributed by atoms with Gasteiger partial charge in [-0.15, -0.1) is 12.4 Å². The molecule has 1 saturated carbocycles. The molecule has 3 rings (SSSR count). The number of benzene rings is 1. The fourth-order valence-corrected chi connectivity index (χ4v) is 2.37. The molecule has 1 aromatic heterocycles. The molecule has 0 bridgehead atoms. The van der Waals surface area contributed by atoms with Crippen LogP contribution in [0.1, 0.15) is 29.2 Å². The van der Waals surface area contributed by atoms with Crippen LogP contribution in [0.3, 0.4) is 0 Å². The highest BCUT2D eigenvalue weighted by molar-refractivity contribution is 5.94. The van der Waals surface area contributed by atoms with Crippen LogP contribution in [0.25, 0.3) is 10.9 Å². The molecule has 1 aliphatic rings. The van der Waals surface area contributed by atoms with Crippen molar-refractivity contribution in [3.05, 3.63) is 39.9 Å². The third-order valence-electron chi connectivity index (χ3n) is 3.45. The molecule has 0 saturated heterocycles. The number of hydrogen-bond donors (Lipinski definition) is 1. The van der Waals surface area contributed by atoms with Crippen molar-refractivity contribution in [1.29, 1.82) is 0 Å². The van der Waals surface area contributed by atoms with Gasteiger partial charge in [0.1, 0.15) is 17.1 Å². The first-order valence-electron chi connectivity index (χ1n) is 6.18. The van der Waals surface area contributed by atoms with Crippen molar-refractivity contribution < 1.29 is 19.0 Å².